The minimum absolute atomic E-state index is 0.0169. The van der Waals surface area contributed by atoms with Gasteiger partial charge in [-0.15, -0.1) is 0 Å². The lowest BCUT2D eigenvalue weighted by atomic mass is 9.78. The molecule has 19 heavy (non-hydrogen) atoms. The molecule has 5 nitrogen and oxygen atoms in total. The fourth-order valence-corrected chi connectivity index (χ4v) is 3.42. The van der Waals surface area contributed by atoms with Crippen molar-refractivity contribution in [3.63, 3.8) is 0 Å². The van der Waals surface area contributed by atoms with Gasteiger partial charge < -0.3 is 16.0 Å². The lowest BCUT2D eigenvalue weighted by Gasteiger charge is -2.32. The van der Waals surface area contributed by atoms with E-state index in [1.807, 2.05) is 4.90 Å². The smallest absolute Gasteiger partial charge is 0.226 e. The summed E-state index contributed by atoms with van der Waals surface area (Å²) in [5.41, 5.74) is 5.80. The molecule has 0 aromatic heterocycles. The van der Waals surface area contributed by atoms with Gasteiger partial charge in [0.1, 0.15) is 0 Å². The second kappa shape index (κ2) is 6.37. The van der Waals surface area contributed by atoms with E-state index in [0.29, 0.717) is 19.0 Å². The van der Waals surface area contributed by atoms with Crippen LogP contribution in [0.15, 0.2) is 0 Å². The number of carbonyl (C=O) groups excluding carboxylic acids is 2. The zero-order valence-corrected chi connectivity index (χ0v) is 11.7. The number of hydrogen-bond donors (Lipinski definition) is 2. The Morgan fingerprint density at radius 3 is 2.68 bits per heavy atom. The van der Waals surface area contributed by atoms with Crippen molar-refractivity contribution in [3.05, 3.63) is 0 Å². The zero-order valence-electron chi connectivity index (χ0n) is 11.7. The van der Waals surface area contributed by atoms with E-state index in [1.54, 1.807) is 0 Å². The highest BCUT2D eigenvalue weighted by Crippen LogP contribution is 2.31. The van der Waals surface area contributed by atoms with Crippen LogP contribution in [0.4, 0.5) is 0 Å². The van der Waals surface area contributed by atoms with Gasteiger partial charge in [0.25, 0.3) is 0 Å². The first-order valence-corrected chi connectivity index (χ1v) is 7.37. The van der Waals surface area contributed by atoms with E-state index in [2.05, 4.69) is 5.32 Å². The Bertz CT molecular complexity index is 346. The molecule has 1 saturated heterocycles. The highest BCUT2D eigenvalue weighted by molar-refractivity contribution is 5.80. The molecule has 2 rings (SSSR count). The topological polar surface area (TPSA) is 75.4 Å². The van der Waals surface area contributed by atoms with Crippen molar-refractivity contribution in [1.82, 2.24) is 10.2 Å². The molecule has 0 radical (unpaired) electrons. The van der Waals surface area contributed by atoms with Crippen LogP contribution in [0, 0.1) is 11.8 Å². The number of nitrogens with one attached hydrogen (secondary N) is 1. The fraction of sp³-hybridized carbons (Fsp3) is 0.857. The van der Waals surface area contributed by atoms with Crippen LogP contribution in [-0.4, -0.2) is 42.4 Å². The lowest BCUT2D eigenvalue weighted by molar-refractivity contribution is -0.137. The number of carbonyl (C=O) groups is 2. The van der Waals surface area contributed by atoms with Crippen molar-refractivity contribution >= 4 is 11.8 Å². The van der Waals surface area contributed by atoms with Crippen molar-refractivity contribution < 1.29 is 9.59 Å². The normalized spacial score (nSPS) is 31.3. The lowest BCUT2D eigenvalue weighted by Crippen LogP contribution is -2.43. The fourth-order valence-electron chi connectivity index (χ4n) is 3.42. The average molecular weight is 267 g/mol. The molecule has 1 saturated carbocycles. The van der Waals surface area contributed by atoms with Gasteiger partial charge in [0, 0.05) is 32.0 Å². The number of rotatable bonds is 3. The second-order valence-electron chi connectivity index (χ2n) is 5.86. The van der Waals surface area contributed by atoms with Gasteiger partial charge in [0.15, 0.2) is 0 Å². The number of amides is 2. The summed E-state index contributed by atoms with van der Waals surface area (Å²) in [5.74, 6) is 0.690. The quantitative estimate of drug-likeness (QED) is 0.781. The number of hydrogen-bond acceptors (Lipinski definition) is 3. The predicted molar refractivity (Wildman–Crippen MR) is 73.3 cm³/mol. The van der Waals surface area contributed by atoms with E-state index in [1.165, 1.54) is 13.3 Å². The van der Waals surface area contributed by atoms with E-state index in [0.717, 1.165) is 32.2 Å². The SMILES string of the molecule is CC(=O)NC1CCN(C(=O)C2CCCCC2CN)C1. The van der Waals surface area contributed by atoms with Crippen LogP contribution in [0.2, 0.25) is 0 Å². The van der Waals surface area contributed by atoms with E-state index in [4.69, 9.17) is 5.73 Å². The van der Waals surface area contributed by atoms with Gasteiger partial charge in [-0.05, 0) is 31.7 Å². The molecule has 2 aliphatic rings. The Morgan fingerprint density at radius 1 is 1.26 bits per heavy atom. The third-order valence-electron chi connectivity index (χ3n) is 4.44. The standard InChI is InChI=1S/C14H25N3O2/c1-10(18)16-12-6-7-17(9-12)14(19)13-5-3-2-4-11(13)8-15/h11-13H,2-9,15H2,1H3,(H,16,18). The van der Waals surface area contributed by atoms with Crippen molar-refractivity contribution in [3.8, 4) is 0 Å². The molecule has 5 heteroatoms. The molecular formula is C14H25N3O2. The van der Waals surface area contributed by atoms with Crippen molar-refractivity contribution in [2.75, 3.05) is 19.6 Å². The first kappa shape index (κ1) is 14.3. The van der Waals surface area contributed by atoms with Gasteiger partial charge in [-0.3, -0.25) is 9.59 Å². The van der Waals surface area contributed by atoms with E-state index in [-0.39, 0.29) is 23.8 Å². The van der Waals surface area contributed by atoms with Crippen LogP contribution < -0.4 is 11.1 Å². The molecule has 2 fully saturated rings. The van der Waals surface area contributed by atoms with Crippen molar-refractivity contribution in [2.24, 2.45) is 17.6 Å². The number of nitrogens with zero attached hydrogens (tertiary/aromatic N) is 1. The molecule has 2 amide bonds. The van der Waals surface area contributed by atoms with Crippen LogP contribution in [0.1, 0.15) is 39.0 Å². The molecular weight excluding hydrogens is 242 g/mol. The molecule has 1 aliphatic heterocycles. The Kier molecular flexibility index (Phi) is 4.80. The molecule has 0 spiro atoms. The average Bonchev–Trinajstić information content (AvgIpc) is 2.85. The summed E-state index contributed by atoms with van der Waals surface area (Å²) < 4.78 is 0. The van der Waals surface area contributed by atoms with Crippen LogP contribution in [0.25, 0.3) is 0 Å². The van der Waals surface area contributed by atoms with Crippen LogP contribution >= 0.6 is 0 Å². The summed E-state index contributed by atoms with van der Waals surface area (Å²) in [4.78, 5) is 25.5. The van der Waals surface area contributed by atoms with Gasteiger partial charge in [0.2, 0.25) is 11.8 Å². The molecule has 1 heterocycles. The maximum atomic E-state index is 12.6. The molecule has 0 aromatic carbocycles. The third kappa shape index (κ3) is 3.47. The summed E-state index contributed by atoms with van der Waals surface area (Å²) >= 11 is 0. The number of nitrogens with two attached hydrogens (primary N) is 1. The molecule has 3 N–H and O–H groups in total. The monoisotopic (exact) mass is 267 g/mol. The molecule has 1 aliphatic carbocycles. The minimum Gasteiger partial charge on any atom is -0.352 e. The maximum absolute atomic E-state index is 12.6. The first-order chi connectivity index (χ1) is 9.11. The van der Waals surface area contributed by atoms with Gasteiger partial charge >= 0.3 is 0 Å². The Hall–Kier alpha value is -1.10. The summed E-state index contributed by atoms with van der Waals surface area (Å²) in [5, 5.41) is 2.90. The maximum Gasteiger partial charge on any atom is 0.226 e. The molecule has 108 valence electrons. The number of likely N-dealkylation sites (tertiary alicyclic amines) is 1. The van der Waals surface area contributed by atoms with Crippen molar-refractivity contribution in [2.45, 2.75) is 45.1 Å². The van der Waals surface area contributed by atoms with Crippen molar-refractivity contribution in [1.29, 1.82) is 0 Å². The van der Waals surface area contributed by atoms with E-state index < -0.39 is 0 Å². The largest absolute Gasteiger partial charge is 0.352 e. The second-order valence-corrected chi connectivity index (χ2v) is 5.86. The van der Waals surface area contributed by atoms with Gasteiger partial charge in [-0.2, -0.15) is 0 Å². The van der Waals surface area contributed by atoms with Gasteiger partial charge in [-0.25, -0.2) is 0 Å². The van der Waals surface area contributed by atoms with Crippen LogP contribution in [-0.2, 0) is 9.59 Å². The molecule has 0 aromatic rings. The highest BCUT2D eigenvalue weighted by atomic mass is 16.2. The van der Waals surface area contributed by atoms with Gasteiger partial charge in [0.05, 0.1) is 0 Å². The third-order valence-corrected chi connectivity index (χ3v) is 4.44. The van der Waals surface area contributed by atoms with Crippen LogP contribution in [0.3, 0.4) is 0 Å². The summed E-state index contributed by atoms with van der Waals surface area (Å²) in [6.45, 7) is 3.55. The molecule has 0 bridgehead atoms. The minimum atomic E-state index is -0.0169. The summed E-state index contributed by atoms with van der Waals surface area (Å²) in [7, 11) is 0. The highest BCUT2D eigenvalue weighted by Gasteiger charge is 2.35. The Labute approximate surface area is 114 Å². The van der Waals surface area contributed by atoms with Crippen LogP contribution in [0.5, 0.6) is 0 Å². The first-order valence-electron chi connectivity index (χ1n) is 7.37. The Morgan fingerprint density at radius 2 is 2.00 bits per heavy atom. The predicted octanol–water partition coefficient (Wildman–Crippen LogP) is 0.489. The summed E-state index contributed by atoms with van der Waals surface area (Å²) in [6.07, 6.45) is 5.25. The van der Waals surface area contributed by atoms with Gasteiger partial charge in [-0.1, -0.05) is 12.8 Å². The zero-order chi connectivity index (χ0) is 13.8. The summed E-state index contributed by atoms with van der Waals surface area (Å²) in [6, 6.07) is 0.126. The molecule has 3 unspecified atom stereocenters. The Balaban J connectivity index is 1.91. The molecule has 3 atom stereocenters. The van der Waals surface area contributed by atoms with E-state index in [9.17, 15) is 9.59 Å². The van der Waals surface area contributed by atoms with E-state index >= 15 is 0 Å².